The molecule has 1 atom stereocenters. The fraction of sp³-hybridized carbons (Fsp3) is 0.833. The van der Waals surface area contributed by atoms with Crippen molar-refractivity contribution in [2.75, 3.05) is 19.1 Å². The summed E-state index contributed by atoms with van der Waals surface area (Å²) < 4.78 is 4.39. The van der Waals surface area contributed by atoms with E-state index in [0.717, 1.165) is 0 Å². The second-order valence-corrected chi connectivity index (χ2v) is 4.49. The summed E-state index contributed by atoms with van der Waals surface area (Å²) in [6.45, 7) is 0. The van der Waals surface area contributed by atoms with Crippen LogP contribution in [0.1, 0.15) is 6.42 Å². The number of carbonyl (C=O) groups is 1. The van der Waals surface area contributed by atoms with E-state index in [9.17, 15) is 4.79 Å². The molecule has 0 saturated carbocycles. The van der Waals surface area contributed by atoms with Crippen LogP contribution in [0.3, 0.4) is 0 Å². The highest BCUT2D eigenvalue weighted by Gasteiger charge is 2.09. The van der Waals surface area contributed by atoms with Gasteiger partial charge in [-0.1, -0.05) is 21.6 Å². The van der Waals surface area contributed by atoms with Gasteiger partial charge in [0.25, 0.3) is 0 Å². The van der Waals surface area contributed by atoms with Crippen LogP contribution in [0.5, 0.6) is 0 Å². The number of carbonyl (C=O) groups excluding carboxylic acids is 1. The van der Waals surface area contributed by atoms with Gasteiger partial charge in [0, 0.05) is 5.75 Å². The fourth-order valence-corrected chi connectivity index (χ4v) is 1.77. The summed E-state index contributed by atoms with van der Waals surface area (Å²) >= 11 is 0. The van der Waals surface area contributed by atoms with Crippen molar-refractivity contribution in [1.82, 2.24) is 0 Å². The molecular formula is C6H12O3S2. The minimum absolute atomic E-state index is 0.0874. The van der Waals surface area contributed by atoms with Crippen molar-refractivity contribution in [2.45, 2.75) is 12.5 Å². The van der Waals surface area contributed by atoms with Gasteiger partial charge in [-0.15, -0.1) is 0 Å². The molecule has 0 aliphatic carbocycles. The minimum atomic E-state index is -0.583. The molecule has 0 aliphatic heterocycles. The average Bonchev–Trinajstić information content (AvgIpc) is 2.00. The standard InChI is InChI=1S/C6H12O3S2/c1-9-6(8)3-5(7)4-11-10-2/h5,7H,3-4H2,1-2H3. The van der Waals surface area contributed by atoms with E-state index in [2.05, 4.69) is 4.74 Å². The third kappa shape index (κ3) is 6.52. The molecule has 5 heteroatoms. The second-order valence-electron chi connectivity index (χ2n) is 1.89. The molecule has 0 aliphatic rings. The van der Waals surface area contributed by atoms with Gasteiger partial charge in [-0.05, 0) is 6.26 Å². The highest BCUT2D eigenvalue weighted by atomic mass is 33.1. The van der Waals surface area contributed by atoms with Crippen LogP contribution >= 0.6 is 21.6 Å². The summed E-state index contributed by atoms with van der Waals surface area (Å²) in [4.78, 5) is 10.6. The first-order chi connectivity index (χ1) is 5.20. The van der Waals surface area contributed by atoms with Crippen molar-refractivity contribution in [2.24, 2.45) is 0 Å². The van der Waals surface area contributed by atoms with Crippen LogP contribution in [-0.2, 0) is 9.53 Å². The predicted octanol–water partition coefficient (Wildman–Crippen LogP) is 0.922. The van der Waals surface area contributed by atoms with Crippen molar-refractivity contribution in [3.63, 3.8) is 0 Å². The highest BCUT2D eigenvalue weighted by Crippen LogP contribution is 2.18. The predicted molar refractivity (Wildman–Crippen MR) is 48.6 cm³/mol. The van der Waals surface area contributed by atoms with Gasteiger partial charge < -0.3 is 9.84 Å². The van der Waals surface area contributed by atoms with Crippen molar-refractivity contribution in [1.29, 1.82) is 0 Å². The first kappa shape index (κ1) is 11.1. The minimum Gasteiger partial charge on any atom is -0.469 e. The number of aliphatic hydroxyl groups is 1. The normalized spacial score (nSPS) is 12.6. The Hall–Kier alpha value is 0.130. The summed E-state index contributed by atoms with van der Waals surface area (Å²) in [6, 6.07) is 0. The van der Waals surface area contributed by atoms with Gasteiger partial charge in [0.15, 0.2) is 0 Å². The van der Waals surface area contributed by atoms with Gasteiger partial charge in [-0.2, -0.15) is 0 Å². The molecule has 1 N–H and O–H groups in total. The van der Waals surface area contributed by atoms with Crippen LogP contribution in [-0.4, -0.2) is 36.3 Å². The quantitative estimate of drug-likeness (QED) is 0.523. The Kier molecular flexibility index (Phi) is 6.90. The smallest absolute Gasteiger partial charge is 0.308 e. The summed E-state index contributed by atoms with van der Waals surface area (Å²) in [7, 11) is 4.41. The summed E-state index contributed by atoms with van der Waals surface area (Å²) in [5, 5.41) is 9.15. The highest BCUT2D eigenvalue weighted by molar-refractivity contribution is 8.76. The van der Waals surface area contributed by atoms with E-state index in [-0.39, 0.29) is 12.4 Å². The van der Waals surface area contributed by atoms with Gasteiger partial charge in [-0.25, -0.2) is 0 Å². The molecule has 11 heavy (non-hydrogen) atoms. The Labute approximate surface area is 74.3 Å². The fourth-order valence-electron chi connectivity index (χ4n) is 0.481. The van der Waals surface area contributed by atoms with E-state index in [4.69, 9.17) is 5.11 Å². The van der Waals surface area contributed by atoms with Crippen LogP contribution in [0.2, 0.25) is 0 Å². The van der Waals surface area contributed by atoms with E-state index >= 15 is 0 Å². The lowest BCUT2D eigenvalue weighted by Gasteiger charge is -2.06. The molecule has 66 valence electrons. The van der Waals surface area contributed by atoms with Crippen molar-refractivity contribution in [3.8, 4) is 0 Å². The first-order valence-corrected chi connectivity index (χ1v) is 5.84. The summed E-state index contributed by atoms with van der Waals surface area (Å²) in [5.41, 5.74) is 0. The topological polar surface area (TPSA) is 46.5 Å². The third-order valence-electron chi connectivity index (χ3n) is 1.01. The van der Waals surface area contributed by atoms with E-state index in [1.807, 2.05) is 6.26 Å². The molecule has 0 radical (unpaired) electrons. The molecular weight excluding hydrogens is 184 g/mol. The van der Waals surface area contributed by atoms with E-state index in [1.165, 1.54) is 17.9 Å². The van der Waals surface area contributed by atoms with Crippen molar-refractivity contribution < 1.29 is 14.6 Å². The molecule has 0 aromatic heterocycles. The van der Waals surface area contributed by atoms with Crippen molar-refractivity contribution in [3.05, 3.63) is 0 Å². The molecule has 0 fully saturated rings. The Morgan fingerprint density at radius 3 is 2.82 bits per heavy atom. The number of rotatable bonds is 5. The zero-order valence-corrected chi connectivity index (χ0v) is 8.20. The van der Waals surface area contributed by atoms with Crippen molar-refractivity contribution >= 4 is 27.6 Å². The number of hydrogen-bond donors (Lipinski definition) is 1. The number of esters is 1. The average molecular weight is 196 g/mol. The first-order valence-electron chi connectivity index (χ1n) is 3.11. The molecule has 0 heterocycles. The largest absolute Gasteiger partial charge is 0.469 e. The Morgan fingerprint density at radius 1 is 1.73 bits per heavy atom. The van der Waals surface area contributed by atoms with E-state index < -0.39 is 6.10 Å². The lowest BCUT2D eigenvalue weighted by atomic mass is 10.3. The van der Waals surface area contributed by atoms with Gasteiger partial charge in [0.05, 0.1) is 19.6 Å². The molecule has 0 bridgehead atoms. The van der Waals surface area contributed by atoms with Crippen LogP contribution in [0.25, 0.3) is 0 Å². The van der Waals surface area contributed by atoms with Gasteiger partial charge >= 0.3 is 5.97 Å². The maximum Gasteiger partial charge on any atom is 0.308 e. The van der Waals surface area contributed by atoms with Gasteiger partial charge in [-0.3, -0.25) is 4.79 Å². The third-order valence-corrected chi connectivity index (χ3v) is 2.88. The Morgan fingerprint density at radius 2 is 2.36 bits per heavy atom. The maximum atomic E-state index is 10.6. The Balaban J connectivity index is 3.35. The lowest BCUT2D eigenvalue weighted by Crippen LogP contribution is -2.16. The zero-order chi connectivity index (χ0) is 8.69. The number of methoxy groups -OCH3 is 1. The van der Waals surface area contributed by atoms with Crippen LogP contribution in [0, 0.1) is 0 Å². The van der Waals surface area contributed by atoms with Crippen LogP contribution < -0.4 is 0 Å². The zero-order valence-electron chi connectivity index (χ0n) is 6.57. The molecule has 0 aromatic carbocycles. The van der Waals surface area contributed by atoms with Gasteiger partial charge in [0.2, 0.25) is 0 Å². The van der Waals surface area contributed by atoms with E-state index in [1.54, 1.807) is 10.8 Å². The molecule has 3 nitrogen and oxygen atoms in total. The molecule has 0 aromatic rings. The lowest BCUT2D eigenvalue weighted by molar-refractivity contribution is -0.142. The monoisotopic (exact) mass is 196 g/mol. The molecule has 0 rings (SSSR count). The number of hydrogen-bond acceptors (Lipinski definition) is 5. The number of aliphatic hydroxyl groups excluding tert-OH is 1. The summed E-state index contributed by atoms with van der Waals surface area (Å²) in [6.07, 6.45) is 1.43. The molecule has 0 spiro atoms. The van der Waals surface area contributed by atoms with Crippen LogP contribution in [0.4, 0.5) is 0 Å². The Bertz CT molecular complexity index is 118. The van der Waals surface area contributed by atoms with Crippen LogP contribution in [0.15, 0.2) is 0 Å². The summed E-state index contributed by atoms with van der Waals surface area (Å²) in [5.74, 6) is 0.204. The molecule has 1 unspecified atom stereocenters. The van der Waals surface area contributed by atoms with E-state index in [0.29, 0.717) is 5.75 Å². The second kappa shape index (κ2) is 6.82. The SMILES string of the molecule is COC(=O)CC(O)CSSC. The maximum absolute atomic E-state index is 10.6. The van der Waals surface area contributed by atoms with Gasteiger partial charge in [0.1, 0.15) is 0 Å². The molecule has 0 amide bonds. The molecule has 0 saturated heterocycles. The number of ether oxygens (including phenoxy) is 1.